The van der Waals surface area contributed by atoms with Crippen molar-refractivity contribution in [1.29, 1.82) is 0 Å². The second-order valence-corrected chi connectivity index (χ2v) is 6.06. The third-order valence-corrected chi connectivity index (χ3v) is 4.05. The van der Waals surface area contributed by atoms with Gasteiger partial charge in [0.05, 0.1) is 12.6 Å². The number of nitrogens with two attached hydrogens (primary N) is 1. The SMILES string of the molecule is CCOCC(NC(=O)C1(C(N)=NO)CC(C)C1)C(C)C. The van der Waals surface area contributed by atoms with E-state index in [1.807, 2.05) is 20.8 Å². The zero-order valence-electron chi connectivity index (χ0n) is 12.8. The summed E-state index contributed by atoms with van der Waals surface area (Å²) in [4.78, 5) is 12.5. The maximum atomic E-state index is 12.5. The molecule has 0 radical (unpaired) electrons. The smallest absolute Gasteiger partial charge is 0.234 e. The van der Waals surface area contributed by atoms with E-state index in [2.05, 4.69) is 17.4 Å². The summed E-state index contributed by atoms with van der Waals surface area (Å²) in [6.07, 6.45) is 1.24. The van der Waals surface area contributed by atoms with Gasteiger partial charge in [-0.3, -0.25) is 4.79 Å². The summed E-state index contributed by atoms with van der Waals surface area (Å²) < 4.78 is 5.40. The molecule has 0 aromatic carbocycles. The molecule has 0 bridgehead atoms. The minimum Gasteiger partial charge on any atom is -0.409 e. The van der Waals surface area contributed by atoms with Gasteiger partial charge in [-0.25, -0.2) is 0 Å². The highest BCUT2D eigenvalue weighted by Gasteiger charge is 2.52. The van der Waals surface area contributed by atoms with Crippen molar-refractivity contribution in [2.75, 3.05) is 13.2 Å². The van der Waals surface area contributed by atoms with Gasteiger partial charge in [0.15, 0.2) is 5.84 Å². The van der Waals surface area contributed by atoms with Crippen molar-refractivity contribution in [1.82, 2.24) is 5.32 Å². The molecular weight excluding hydrogens is 258 g/mol. The highest BCUT2D eigenvalue weighted by molar-refractivity contribution is 6.07. The monoisotopic (exact) mass is 285 g/mol. The number of nitrogens with zero attached hydrogens (tertiary/aromatic N) is 1. The van der Waals surface area contributed by atoms with E-state index in [1.54, 1.807) is 0 Å². The lowest BCUT2D eigenvalue weighted by Crippen LogP contribution is -2.59. The molecular formula is C14H27N3O3. The van der Waals surface area contributed by atoms with E-state index >= 15 is 0 Å². The van der Waals surface area contributed by atoms with E-state index in [1.165, 1.54) is 0 Å². The predicted octanol–water partition coefficient (Wildman–Crippen LogP) is 1.33. The molecule has 0 aromatic heterocycles. The Bertz CT molecular complexity index is 363. The van der Waals surface area contributed by atoms with Crippen molar-refractivity contribution in [2.45, 2.75) is 46.6 Å². The lowest BCUT2D eigenvalue weighted by molar-refractivity contribution is -0.134. The summed E-state index contributed by atoms with van der Waals surface area (Å²) in [5.74, 6) is 0.508. The predicted molar refractivity (Wildman–Crippen MR) is 77.5 cm³/mol. The van der Waals surface area contributed by atoms with Crippen molar-refractivity contribution >= 4 is 11.7 Å². The van der Waals surface area contributed by atoms with Crippen LogP contribution in [0, 0.1) is 17.3 Å². The lowest BCUT2D eigenvalue weighted by Gasteiger charge is -2.44. The average molecular weight is 285 g/mol. The fraction of sp³-hybridized carbons (Fsp3) is 0.857. The molecule has 4 N–H and O–H groups in total. The van der Waals surface area contributed by atoms with Crippen LogP contribution in [0.5, 0.6) is 0 Å². The number of rotatable bonds is 7. The second kappa shape index (κ2) is 6.92. The molecule has 20 heavy (non-hydrogen) atoms. The van der Waals surface area contributed by atoms with Crippen LogP contribution in [0.2, 0.25) is 0 Å². The van der Waals surface area contributed by atoms with Crippen LogP contribution >= 0.6 is 0 Å². The molecule has 0 spiro atoms. The summed E-state index contributed by atoms with van der Waals surface area (Å²) in [5, 5.41) is 15.0. The first kappa shape index (κ1) is 16.8. The number of hydrogen-bond donors (Lipinski definition) is 3. The van der Waals surface area contributed by atoms with Gasteiger partial charge in [-0.1, -0.05) is 25.9 Å². The molecule has 1 atom stereocenters. The fourth-order valence-electron chi connectivity index (χ4n) is 2.69. The number of hydrogen-bond acceptors (Lipinski definition) is 4. The molecule has 1 aliphatic rings. The summed E-state index contributed by atoms with van der Waals surface area (Å²) in [6, 6.07) is -0.0678. The van der Waals surface area contributed by atoms with Crippen molar-refractivity contribution in [3.8, 4) is 0 Å². The molecule has 1 rings (SSSR count). The van der Waals surface area contributed by atoms with Gasteiger partial charge >= 0.3 is 0 Å². The van der Waals surface area contributed by atoms with Crippen LogP contribution in [0.3, 0.4) is 0 Å². The van der Waals surface area contributed by atoms with Crippen LogP contribution in [-0.4, -0.2) is 36.2 Å². The van der Waals surface area contributed by atoms with Gasteiger partial charge in [-0.05, 0) is 31.6 Å². The van der Waals surface area contributed by atoms with E-state index in [4.69, 9.17) is 15.7 Å². The molecule has 116 valence electrons. The van der Waals surface area contributed by atoms with Gasteiger partial charge in [-0.2, -0.15) is 0 Å². The summed E-state index contributed by atoms with van der Waals surface area (Å²) in [5.41, 5.74) is 4.88. The minimum atomic E-state index is -0.854. The van der Waals surface area contributed by atoms with Gasteiger partial charge in [0, 0.05) is 6.61 Å². The van der Waals surface area contributed by atoms with Gasteiger partial charge in [0.1, 0.15) is 5.41 Å². The van der Waals surface area contributed by atoms with E-state index in [9.17, 15) is 4.79 Å². The topological polar surface area (TPSA) is 96.9 Å². The average Bonchev–Trinajstić information content (AvgIpc) is 2.37. The second-order valence-electron chi connectivity index (χ2n) is 6.06. The van der Waals surface area contributed by atoms with E-state index in [0.29, 0.717) is 32.0 Å². The summed E-state index contributed by atoms with van der Waals surface area (Å²) in [6.45, 7) is 9.12. The number of carbonyl (C=O) groups is 1. The molecule has 0 saturated heterocycles. The summed E-state index contributed by atoms with van der Waals surface area (Å²) >= 11 is 0. The molecule has 1 saturated carbocycles. The van der Waals surface area contributed by atoms with Gasteiger partial charge < -0.3 is 21.0 Å². The van der Waals surface area contributed by atoms with Gasteiger partial charge in [0.25, 0.3) is 0 Å². The number of amides is 1. The third-order valence-electron chi connectivity index (χ3n) is 4.05. The Hall–Kier alpha value is -1.30. The molecule has 0 aromatic rings. The molecule has 6 heteroatoms. The highest BCUT2D eigenvalue weighted by atomic mass is 16.5. The van der Waals surface area contributed by atoms with Crippen LogP contribution in [0.15, 0.2) is 5.16 Å². The molecule has 1 aliphatic carbocycles. The molecule has 1 amide bonds. The molecule has 0 heterocycles. The van der Waals surface area contributed by atoms with E-state index in [0.717, 1.165) is 0 Å². The largest absolute Gasteiger partial charge is 0.409 e. The first-order valence-corrected chi connectivity index (χ1v) is 7.24. The van der Waals surface area contributed by atoms with Gasteiger partial charge in [0.2, 0.25) is 5.91 Å². The van der Waals surface area contributed by atoms with E-state index in [-0.39, 0.29) is 23.7 Å². The molecule has 1 fully saturated rings. The maximum absolute atomic E-state index is 12.5. The zero-order valence-corrected chi connectivity index (χ0v) is 12.8. The van der Waals surface area contributed by atoms with Crippen molar-refractivity contribution in [2.24, 2.45) is 28.1 Å². The van der Waals surface area contributed by atoms with Crippen LogP contribution in [0.25, 0.3) is 0 Å². The quantitative estimate of drug-likeness (QED) is 0.284. The molecule has 6 nitrogen and oxygen atoms in total. The highest BCUT2D eigenvalue weighted by Crippen LogP contribution is 2.46. The van der Waals surface area contributed by atoms with E-state index < -0.39 is 5.41 Å². The Morgan fingerprint density at radius 2 is 2.15 bits per heavy atom. The number of nitrogens with one attached hydrogen (secondary N) is 1. The zero-order chi connectivity index (χ0) is 15.3. The number of oxime groups is 1. The first-order chi connectivity index (χ1) is 9.37. The Balaban J connectivity index is 2.75. The van der Waals surface area contributed by atoms with Crippen molar-refractivity contribution in [3.05, 3.63) is 0 Å². The van der Waals surface area contributed by atoms with Crippen molar-refractivity contribution < 1.29 is 14.7 Å². The number of carbonyl (C=O) groups excluding carboxylic acids is 1. The lowest BCUT2D eigenvalue weighted by atomic mass is 9.61. The fourth-order valence-corrected chi connectivity index (χ4v) is 2.69. The van der Waals surface area contributed by atoms with Crippen LogP contribution in [0.4, 0.5) is 0 Å². The number of amidine groups is 1. The minimum absolute atomic E-state index is 0.00650. The Morgan fingerprint density at radius 1 is 1.55 bits per heavy atom. The first-order valence-electron chi connectivity index (χ1n) is 7.24. The Morgan fingerprint density at radius 3 is 2.55 bits per heavy atom. The van der Waals surface area contributed by atoms with Crippen LogP contribution < -0.4 is 11.1 Å². The third kappa shape index (κ3) is 3.42. The van der Waals surface area contributed by atoms with Crippen LogP contribution in [0.1, 0.15) is 40.5 Å². The Labute approximate surface area is 120 Å². The number of ether oxygens (including phenoxy) is 1. The van der Waals surface area contributed by atoms with Crippen LogP contribution in [-0.2, 0) is 9.53 Å². The molecule has 1 unspecified atom stereocenters. The normalized spacial score (nSPS) is 28.1. The maximum Gasteiger partial charge on any atom is 0.234 e. The molecule has 0 aliphatic heterocycles. The standard InChI is InChI=1S/C14H27N3O3/c1-5-20-8-11(9(2)3)16-13(18)14(12(15)17-19)6-10(4)7-14/h9-11,19H,5-8H2,1-4H3,(H2,15,17)(H,16,18). The van der Waals surface area contributed by atoms with Crippen molar-refractivity contribution in [3.63, 3.8) is 0 Å². The van der Waals surface area contributed by atoms with Gasteiger partial charge in [-0.15, -0.1) is 0 Å². The summed E-state index contributed by atoms with van der Waals surface area (Å²) in [7, 11) is 0. The Kier molecular flexibility index (Phi) is 5.80.